The first-order valence-corrected chi connectivity index (χ1v) is 7.65. The third kappa shape index (κ3) is 4.49. The van der Waals surface area contributed by atoms with Crippen molar-refractivity contribution in [3.63, 3.8) is 0 Å². The van der Waals surface area contributed by atoms with Crippen molar-refractivity contribution in [2.24, 2.45) is 5.41 Å². The van der Waals surface area contributed by atoms with Gasteiger partial charge >= 0.3 is 0 Å². The smallest absolute Gasteiger partial charge is 0.0634 e. The first-order valence-electron chi connectivity index (χ1n) is 7.65. The van der Waals surface area contributed by atoms with Crippen LogP contribution in [-0.4, -0.2) is 61.8 Å². The molecule has 0 aromatic rings. The second kappa shape index (κ2) is 6.74. The van der Waals surface area contributed by atoms with Gasteiger partial charge in [0.05, 0.1) is 13.2 Å². The van der Waals surface area contributed by atoms with Crippen molar-refractivity contribution in [1.29, 1.82) is 0 Å². The minimum atomic E-state index is 0.176. The van der Waals surface area contributed by atoms with E-state index in [1.54, 1.807) is 0 Å². The molecule has 0 aromatic heterocycles. The standard InChI is InChI=1S/C16H28N2O/c1-4-16(2,3)7-5-6-8-17-9-10-18-11-12-19-14-15(18)13-17/h15H,4,6,8-14H2,1-3H3/t15-/m0/s1. The number of nitrogens with zero attached hydrogens (tertiary/aromatic N) is 2. The Morgan fingerprint density at radius 1 is 1.26 bits per heavy atom. The fourth-order valence-corrected chi connectivity index (χ4v) is 2.62. The van der Waals surface area contributed by atoms with Gasteiger partial charge in [0, 0.05) is 50.6 Å². The van der Waals surface area contributed by atoms with Crippen LogP contribution in [0.5, 0.6) is 0 Å². The van der Waals surface area contributed by atoms with Crippen LogP contribution in [0.2, 0.25) is 0 Å². The summed E-state index contributed by atoms with van der Waals surface area (Å²) < 4.78 is 5.58. The summed E-state index contributed by atoms with van der Waals surface area (Å²) in [7, 11) is 0. The molecule has 0 bridgehead atoms. The van der Waals surface area contributed by atoms with Crippen molar-refractivity contribution < 1.29 is 4.74 Å². The zero-order valence-electron chi connectivity index (χ0n) is 12.7. The van der Waals surface area contributed by atoms with Gasteiger partial charge in [0.2, 0.25) is 0 Å². The van der Waals surface area contributed by atoms with Crippen molar-refractivity contribution in [3.05, 3.63) is 0 Å². The van der Waals surface area contributed by atoms with E-state index in [1.807, 2.05) is 0 Å². The van der Waals surface area contributed by atoms with Crippen LogP contribution in [0, 0.1) is 17.3 Å². The van der Waals surface area contributed by atoms with E-state index < -0.39 is 0 Å². The Morgan fingerprint density at radius 2 is 2.11 bits per heavy atom. The van der Waals surface area contributed by atoms with Crippen LogP contribution in [0.25, 0.3) is 0 Å². The number of ether oxygens (including phenoxy) is 1. The molecule has 0 N–H and O–H groups in total. The van der Waals surface area contributed by atoms with E-state index in [0.717, 1.165) is 45.7 Å². The Balaban J connectivity index is 1.72. The summed E-state index contributed by atoms with van der Waals surface area (Å²) in [6.45, 7) is 14.2. The average Bonchev–Trinajstić information content (AvgIpc) is 2.43. The second-order valence-electron chi connectivity index (χ2n) is 6.35. The van der Waals surface area contributed by atoms with E-state index in [9.17, 15) is 0 Å². The molecule has 0 unspecified atom stereocenters. The molecule has 2 rings (SSSR count). The van der Waals surface area contributed by atoms with Crippen LogP contribution in [-0.2, 0) is 4.74 Å². The molecule has 2 saturated heterocycles. The molecule has 0 spiro atoms. The van der Waals surface area contributed by atoms with E-state index in [4.69, 9.17) is 4.74 Å². The molecule has 0 radical (unpaired) electrons. The van der Waals surface area contributed by atoms with Crippen molar-refractivity contribution in [2.75, 3.05) is 45.9 Å². The fraction of sp³-hybridized carbons (Fsp3) is 0.875. The lowest BCUT2D eigenvalue weighted by atomic mass is 9.91. The highest BCUT2D eigenvalue weighted by atomic mass is 16.5. The number of fused-ring (bicyclic) bond motifs is 1. The normalized spacial score (nSPS) is 25.5. The van der Waals surface area contributed by atoms with Crippen molar-refractivity contribution in [3.8, 4) is 11.8 Å². The van der Waals surface area contributed by atoms with E-state index in [0.29, 0.717) is 6.04 Å². The summed E-state index contributed by atoms with van der Waals surface area (Å²) in [5.74, 6) is 6.75. The molecule has 19 heavy (non-hydrogen) atoms. The molecular formula is C16H28N2O. The number of hydrogen-bond donors (Lipinski definition) is 0. The lowest BCUT2D eigenvalue weighted by Gasteiger charge is -2.43. The minimum Gasteiger partial charge on any atom is -0.378 e. The predicted molar refractivity (Wildman–Crippen MR) is 79.1 cm³/mol. The van der Waals surface area contributed by atoms with Gasteiger partial charge in [0.15, 0.2) is 0 Å². The molecule has 3 nitrogen and oxygen atoms in total. The number of hydrogen-bond acceptors (Lipinski definition) is 3. The zero-order chi connectivity index (χ0) is 13.7. The maximum atomic E-state index is 5.58. The van der Waals surface area contributed by atoms with Crippen LogP contribution in [0.3, 0.4) is 0 Å². The molecule has 0 aromatic carbocycles. The molecule has 2 heterocycles. The summed E-state index contributed by atoms with van der Waals surface area (Å²) in [6.07, 6.45) is 2.12. The van der Waals surface area contributed by atoms with E-state index in [-0.39, 0.29) is 5.41 Å². The van der Waals surface area contributed by atoms with Gasteiger partial charge in [0.1, 0.15) is 0 Å². The van der Waals surface area contributed by atoms with Crippen LogP contribution >= 0.6 is 0 Å². The lowest BCUT2D eigenvalue weighted by Crippen LogP contribution is -2.58. The summed E-state index contributed by atoms with van der Waals surface area (Å²) in [6, 6.07) is 0.613. The predicted octanol–water partition coefficient (Wildman–Crippen LogP) is 1.83. The van der Waals surface area contributed by atoms with Gasteiger partial charge < -0.3 is 4.74 Å². The number of morpholine rings is 1. The van der Waals surface area contributed by atoms with Gasteiger partial charge in [-0.2, -0.15) is 0 Å². The topological polar surface area (TPSA) is 15.7 Å². The molecule has 0 aliphatic carbocycles. The van der Waals surface area contributed by atoms with Gasteiger partial charge in [-0.25, -0.2) is 0 Å². The Labute approximate surface area is 118 Å². The van der Waals surface area contributed by atoms with Crippen LogP contribution in [0.4, 0.5) is 0 Å². The molecule has 2 fully saturated rings. The average molecular weight is 264 g/mol. The lowest BCUT2D eigenvalue weighted by molar-refractivity contribution is -0.0441. The fourth-order valence-electron chi connectivity index (χ4n) is 2.62. The van der Waals surface area contributed by atoms with Crippen molar-refractivity contribution in [2.45, 2.75) is 39.7 Å². The molecule has 1 atom stereocenters. The van der Waals surface area contributed by atoms with Gasteiger partial charge in [0.25, 0.3) is 0 Å². The Bertz CT molecular complexity index is 342. The highest BCUT2D eigenvalue weighted by molar-refractivity contribution is 5.08. The largest absolute Gasteiger partial charge is 0.378 e. The first-order chi connectivity index (χ1) is 9.11. The third-order valence-corrected chi connectivity index (χ3v) is 4.39. The molecule has 108 valence electrons. The number of rotatable bonds is 3. The van der Waals surface area contributed by atoms with Crippen LogP contribution in [0.1, 0.15) is 33.6 Å². The number of piperazine rings is 1. The Morgan fingerprint density at radius 3 is 2.89 bits per heavy atom. The van der Waals surface area contributed by atoms with Crippen LogP contribution in [0.15, 0.2) is 0 Å². The summed E-state index contributed by atoms with van der Waals surface area (Å²) in [5.41, 5.74) is 0.176. The van der Waals surface area contributed by atoms with Gasteiger partial charge in [-0.05, 0) is 20.3 Å². The molecule has 0 amide bonds. The molecule has 3 heteroatoms. The Hall–Kier alpha value is -0.560. The third-order valence-electron chi connectivity index (χ3n) is 4.39. The SMILES string of the molecule is CCC(C)(C)C#CCCN1CCN2CCOC[C@@H]2C1. The van der Waals surface area contributed by atoms with Gasteiger partial charge in [-0.1, -0.05) is 12.8 Å². The van der Waals surface area contributed by atoms with Crippen LogP contribution < -0.4 is 0 Å². The molecule has 0 saturated carbocycles. The first kappa shape index (κ1) is 14.8. The molecular weight excluding hydrogens is 236 g/mol. The van der Waals surface area contributed by atoms with Gasteiger partial charge in [-0.15, -0.1) is 5.92 Å². The van der Waals surface area contributed by atoms with Crippen molar-refractivity contribution >= 4 is 0 Å². The quantitative estimate of drug-likeness (QED) is 0.723. The highest BCUT2D eigenvalue weighted by Crippen LogP contribution is 2.17. The highest BCUT2D eigenvalue weighted by Gasteiger charge is 2.28. The van der Waals surface area contributed by atoms with E-state index in [1.165, 1.54) is 13.1 Å². The summed E-state index contributed by atoms with van der Waals surface area (Å²) >= 11 is 0. The second-order valence-corrected chi connectivity index (χ2v) is 6.35. The van der Waals surface area contributed by atoms with Crippen molar-refractivity contribution in [1.82, 2.24) is 9.80 Å². The van der Waals surface area contributed by atoms with E-state index in [2.05, 4.69) is 42.4 Å². The van der Waals surface area contributed by atoms with E-state index >= 15 is 0 Å². The molecule has 2 aliphatic heterocycles. The summed E-state index contributed by atoms with van der Waals surface area (Å²) in [4.78, 5) is 5.12. The minimum absolute atomic E-state index is 0.176. The zero-order valence-corrected chi connectivity index (χ0v) is 12.7. The Kier molecular flexibility index (Phi) is 5.27. The van der Waals surface area contributed by atoms with Gasteiger partial charge in [-0.3, -0.25) is 9.80 Å². The monoisotopic (exact) mass is 264 g/mol. The maximum Gasteiger partial charge on any atom is 0.0634 e. The summed E-state index contributed by atoms with van der Waals surface area (Å²) in [5, 5.41) is 0. The molecule has 2 aliphatic rings. The maximum absolute atomic E-state index is 5.58.